The summed E-state index contributed by atoms with van der Waals surface area (Å²) in [4.78, 5) is 14.0. The third-order valence-electron chi connectivity index (χ3n) is 3.85. The lowest BCUT2D eigenvalue weighted by Gasteiger charge is -2.27. The number of amides is 1. The number of ether oxygens (including phenoxy) is 3. The number of methoxy groups -OCH3 is 3. The van der Waals surface area contributed by atoms with Gasteiger partial charge in [0, 0.05) is 18.3 Å². The van der Waals surface area contributed by atoms with Crippen molar-refractivity contribution in [3.63, 3.8) is 0 Å². The van der Waals surface area contributed by atoms with Crippen molar-refractivity contribution in [2.24, 2.45) is 0 Å². The van der Waals surface area contributed by atoms with E-state index in [4.69, 9.17) is 14.2 Å². The lowest BCUT2D eigenvalue weighted by atomic mass is 10.1. The van der Waals surface area contributed by atoms with Crippen molar-refractivity contribution in [2.75, 3.05) is 27.9 Å². The van der Waals surface area contributed by atoms with Crippen molar-refractivity contribution in [3.05, 3.63) is 36.0 Å². The van der Waals surface area contributed by atoms with Gasteiger partial charge in [-0.1, -0.05) is 6.58 Å². The molecule has 0 radical (unpaired) electrons. The average molecular weight is 317 g/mol. The molecule has 5 heteroatoms. The fourth-order valence-corrected chi connectivity index (χ4v) is 2.61. The number of nitrogens with zero attached hydrogens (tertiary/aromatic N) is 1. The van der Waals surface area contributed by atoms with E-state index in [1.165, 1.54) is 0 Å². The maximum absolute atomic E-state index is 12.3. The van der Waals surface area contributed by atoms with Gasteiger partial charge in [0.2, 0.25) is 5.75 Å². The Balaban J connectivity index is 2.21. The molecular formula is C18H23NO4. The molecule has 0 N–H and O–H groups in total. The molecule has 1 aromatic carbocycles. The number of benzene rings is 1. The number of hydrogen-bond donors (Lipinski definition) is 0. The number of allylic oxidation sites excluding steroid dienone is 1. The number of piperidine rings is 1. The van der Waals surface area contributed by atoms with Gasteiger partial charge in [-0.05, 0) is 43.0 Å². The van der Waals surface area contributed by atoms with Crippen LogP contribution in [0.5, 0.6) is 17.2 Å². The summed E-state index contributed by atoms with van der Waals surface area (Å²) in [6, 6.07) is 3.60. The predicted octanol–water partition coefficient (Wildman–Crippen LogP) is 3.25. The molecule has 0 atom stereocenters. The molecule has 1 amide bonds. The lowest BCUT2D eigenvalue weighted by Crippen LogP contribution is -2.32. The molecule has 0 aromatic heterocycles. The van der Waals surface area contributed by atoms with E-state index in [1.807, 2.05) is 0 Å². The Hall–Kier alpha value is -2.43. The van der Waals surface area contributed by atoms with E-state index in [1.54, 1.807) is 50.5 Å². The summed E-state index contributed by atoms with van der Waals surface area (Å²) in [7, 11) is 4.68. The molecule has 0 saturated carbocycles. The van der Waals surface area contributed by atoms with Gasteiger partial charge in [0.15, 0.2) is 11.5 Å². The van der Waals surface area contributed by atoms with Crippen LogP contribution < -0.4 is 14.2 Å². The Bertz CT molecular complexity index is 596. The first-order valence-corrected chi connectivity index (χ1v) is 7.58. The van der Waals surface area contributed by atoms with Crippen molar-refractivity contribution in [1.82, 2.24) is 4.90 Å². The van der Waals surface area contributed by atoms with Crippen LogP contribution >= 0.6 is 0 Å². The smallest absolute Gasteiger partial charge is 0.250 e. The summed E-state index contributed by atoms with van der Waals surface area (Å²) in [5.41, 5.74) is 1.69. The molecule has 23 heavy (non-hydrogen) atoms. The Morgan fingerprint density at radius 3 is 2.30 bits per heavy atom. The zero-order valence-electron chi connectivity index (χ0n) is 13.9. The third-order valence-corrected chi connectivity index (χ3v) is 3.85. The predicted molar refractivity (Wildman–Crippen MR) is 89.8 cm³/mol. The maximum atomic E-state index is 12.3. The Morgan fingerprint density at radius 1 is 1.13 bits per heavy atom. The topological polar surface area (TPSA) is 48.0 Å². The Kier molecular flexibility index (Phi) is 5.68. The zero-order chi connectivity index (χ0) is 16.8. The highest BCUT2D eigenvalue weighted by molar-refractivity contribution is 5.93. The van der Waals surface area contributed by atoms with Crippen LogP contribution in [0.3, 0.4) is 0 Å². The summed E-state index contributed by atoms with van der Waals surface area (Å²) >= 11 is 0. The van der Waals surface area contributed by atoms with Gasteiger partial charge < -0.3 is 19.1 Å². The highest BCUT2D eigenvalue weighted by Crippen LogP contribution is 2.38. The molecule has 1 fully saturated rings. The van der Waals surface area contributed by atoms with Gasteiger partial charge in [0.1, 0.15) is 0 Å². The van der Waals surface area contributed by atoms with Crippen LogP contribution in [-0.4, -0.2) is 38.7 Å². The molecule has 5 nitrogen and oxygen atoms in total. The van der Waals surface area contributed by atoms with Crippen molar-refractivity contribution in [1.29, 1.82) is 0 Å². The normalized spacial score (nSPS) is 14.9. The Morgan fingerprint density at radius 2 is 1.78 bits per heavy atom. The molecule has 1 aliphatic heterocycles. The van der Waals surface area contributed by atoms with E-state index in [-0.39, 0.29) is 5.91 Å². The SMILES string of the molecule is C=C1CCCCN1C(=O)/C=C/c1cc(OC)c(OC)c(OC)c1. The van der Waals surface area contributed by atoms with Crippen LogP contribution in [0.2, 0.25) is 0 Å². The molecule has 1 heterocycles. The fraction of sp³-hybridized carbons (Fsp3) is 0.389. The molecule has 1 aliphatic rings. The first-order valence-electron chi connectivity index (χ1n) is 7.58. The second-order valence-electron chi connectivity index (χ2n) is 5.31. The minimum absolute atomic E-state index is 0.0524. The number of carbonyl (C=O) groups is 1. The van der Waals surface area contributed by atoms with E-state index in [2.05, 4.69) is 6.58 Å². The van der Waals surface area contributed by atoms with Crippen molar-refractivity contribution >= 4 is 12.0 Å². The van der Waals surface area contributed by atoms with Crippen molar-refractivity contribution in [2.45, 2.75) is 19.3 Å². The van der Waals surface area contributed by atoms with Gasteiger partial charge in [0.05, 0.1) is 21.3 Å². The van der Waals surface area contributed by atoms with Gasteiger partial charge in [-0.25, -0.2) is 0 Å². The summed E-state index contributed by atoms with van der Waals surface area (Å²) in [6.45, 7) is 4.70. The summed E-state index contributed by atoms with van der Waals surface area (Å²) < 4.78 is 15.9. The molecule has 2 rings (SSSR count). The second-order valence-corrected chi connectivity index (χ2v) is 5.31. The minimum Gasteiger partial charge on any atom is -0.493 e. The summed E-state index contributed by atoms with van der Waals surface area (Å²) in [6.07, 6.45) is 6.29. The molecule has 0 bridgehead atoms. The van der Waals surface area contributed by atoms with Gasteiger partial charge in [-0.3, -0.25) is 4.79 Å². The maximum Gasteiger partial charge on any atom is 0.250 e. The first-order chi connectivity index (χ1) is 11.1. The highest BCUT2D eigenvalue weighted by atomic mass is 16.5. The van der Waals surface area contributed by atoms with Crippen LogP contribution in [0.25, 0.3) is 6.08 Å². The largest absolute Gasteiger partial charge is 0.493 e. The number of likely N-dealkylation sites (tertiary alicyclic amines) is 1. The van der Waals surface area contributed by atoms with E-state index in [9.17, 15) is 4.79 Å². The van der Waals surface area contributed by atoms with E-state index >= 15 is 0 Å². The molecule has 0 spiro atoms. The molecule has 124 valence electrons. The van der Waals surface area contributed by atoms with Gasteiger partial charge in [-0.2, -0.15) is 0 Å². The first kappa shape index (κ1) is 16.9. The van der Waals surface area contributed by atoms with Crippen LogP contribution in [-0.2, 0) is 4.79 Å². The monoisotopic (exact) mass is 317 g/mol. The summed E-state index contributed by atoms with van der Waals surface area (Å²) in [5, 5.41) is 0. The van der Waals surface area contributed by atoms with Crippen LogP contribution in [0, 0.1) is 0 Å². The van der Waals surface area contributed by atoms with Gasteiger partial charge in [0.25, 0.3) is 5.91 Å². The molecule has 1 saturated heterocycles. The minimum atomic E-state index is -0.0524. The molecule has 1 aromatic rings. The number of rotatable bonds is 5. The molecular weight excluding hydrogens is 294 g/mol. The van der Waals surface area contributed by atoms with E-state index < -0.39 is 0 Å². The highest BCUT2D eigenvalue weighted by Gasteiger charge is 2.18. The van der Waals surface area contributed by atoms with Crippen molar-refractivity contribution in [3.8, 4) is 17.2 Å². The molecule has 0 unspecified atom stereocenters. The lowest BCUT2D eigenvalue weighted by molar-refractivity contribution is -0.124. The van der Waals surface area contributed by atoms with Gasteiger partial charge in [-0.15, -0.1) is 0 Å². The average Bonchev–Trinajstić information content (AvgIpc) is 2.58. The van der Waals surface area contributed by atoms with Crippen LogP contribution in [0.1, 0.15) is 24.8 Å². The molecule has 0 aliphatic carbocycles. The van der Waals surface area contributed by atoms with E-state index in [0.717, 1.165) is 37.1 Å². The zero-order valence-corrected chi connectivity index (χ0v) is 13.9. The Labute approximate surface area is 137 Å². The standard InChI is InChI=1S/C18H23NO4/c1-13-7-5-6-10-19(13)17(20)9-8-14-11-15(21-2)18(23-4)16(12-14)22-3/h8-9,11-12H,1,5-7,10H2,2-4H3/b9-8+. The number of carbonyl (C=O) groups excluding carboxylic acids is 1. The van der Waals surface area contributed by atoms with Crippen LogP contribution in [0.15, 0.2) is 30.5 Å². The number of hydrogen-bond acceptors (Lipinski definition) is 4. The summed E-state index contributed by atoms with van der Waals surface area (Å²) in [5.74, 6) is 1.59. The third kappa shape index (κ3) is 3.86. The van der Waals surface area contributed by atoms with E-state index in [0.29, 0.717) is 17.2 Å². The van der Waals surface area contributed by atoms with Crippen LogP contribution in [0.4, 0.5) is 0 Å². The fourth-order valence-electron chi connectivity index (χ4n) is 2.61. The van der Waals surface area contributed by atoms with Gasteiger partial charge >= 0.3 is 0 Å². The van der Waals surface area contributed by atoms with Crippen molar-refractivity contribution < 1.29 is 19.0 Å². The second kappa shape index (κ2) is 7.72. The quantitative estimate of drug-likeness (QED) is 0.782.